The minimum absolute atomic E-state index is 0.276. The van der Waals surface area contributed by atoms with Gasteiger partial charge in [0.2, 0.25) is 5.91 Å². The minimum Gasteiger partial charge on any atom is -0.379 e. The summed E-state index contributed by atoms with van der Waals surface area (Å²) in [7, 11) is 0. The average Bonchev–Trinajstić information content (AvgIpc) is 3.16. The number of nitrogens with zero attached hydrogens (tertiary/aromatic N) is 1. The van der Waals surface area contributed by atoms with Crippen molar-refractivity contribution in [2.45, 2.75) is 38.8 Å². The lowest BCUT2D eigenvalue weighted by Crippen LogP contribution is -2.38. The van der Waals surface area contributed by atoms with Crippen molar-refractivity contribution in [2.24, 2.45) is 10.7 Å². The van der Waals surface area contributed by atoms with Crippen molar-refractivity contribution < 1.29 is 14.3 Å². The highest BCUT2D eigenvalue weighted by Crippen LogP contribution is 2.11. The van der Waals surface area contributed by atoms with Crippen LogP contribution in [0, 0.1) is 0 Å². The molecule has 1 fully saturated rings. The lowest BCUT2D eigenvalue weighted by molar-refractivity contribution is 0.0168. The number of nitrogens with two attached hydrogens (primary N) is 1. The first-order valence-electron chi connectivity index (χ1n) is 9.29. The average molecular weight is 362 g/mol. The Labute approximate surface area is 155 Å². The Kier molecular flexibility index (Phi) is 8.92. The number of aliphatic imine (C=N–C) groups is 1. The summed E-state index contributed by atoms with van der Waals surface area (Å²) in [5, 5.41) is 6.51. The van der Waals surface area contributed by atoms with Gasteiger partial charge < -0.3 is 25.8 Å². The highest BCUT2D eigenvalue weighted by Gasteiger charge is 2.14. The summed E-state index contributed by atoms with van der Waals surface area (Å²) in [6, 6.07) is 7.22. The highest BCUT2D eigenvalue weighted by atomic mass is 16.5. The Bertz CT molecular complexity index is 586. The van der Waals surface area contributed by atoms with E-state index in [0.29, 0.717) is 25.3 Å². The number of hydrogen-bond donors (Lipinski definition) is 3. The van der Waals surface area contributed by atoms with Crippen LogP contribution in [-0.4, -0.2) is 50.9 Å². The Morgan fingerprint density at radius 3 is 3.04 bits per heavy atom. The summed E-state index contributed by atoms with van der Waals surface area (Å²) in [5.74, 6) is 0.319. The molecule has 7 nitrogen and oxygen atoms in total. The molecule has 0 aliphatic carbocycles. The summed E-state index contributed by atoms with van der Waals surface area (Å²) in [6.07, 6.45) is 3.42. The van der Waals surface area contributed by atoms with E-state index in [1.54, 1.807) is 12.1 Å². The van der Waals surface area contributed by atoms with Crippen molar-refractivity contribution in [3.05, 3.63) is 35.4 Å². The van der Waals surface area contributed by atoms with Crippen molar-refractivity contribution >= 4 is 11.9 Å². The second-order valence-corrected chi connectivity index (χ2v) is 6.25. The number of guanidine groups is 1. The minimum atomic E-state index is -0.427. The molecule has 1 atom stereocenters. The first kappa shape index (κ1) is 20.2. The maximum Gasteiger partial charge on any atom is 0.248 e. The molecule has 144 valence electrons. The number of carbonyl (C=O) groups is 1. The van der Waals surface area contributed by atoms with Gasteiger partial charge in [0.25, 0.3) is 0 Å². The summed E-state index contributed by atoms with van der Waals surface area (Å²) in [6.45, 7) is 6.31. The van der Waals surface area contributed by atoms with Gasteiger partial charge >= 0.3 is 0 Å². The van der Waals surface area contributed by atoms with E-state index in [0.717, 1.165) is 50.5 Å². The van der Waals surface area contributed by atoms with Crippen molar-refractivity contribution in [3.63, 3.8) is 0 Å². The summed E-state index contributed by atoms with van der Waals surface area (Å²) >= 11 is 0. The maximum atomic E-state index is 11.2. The summed E-state index contributed by atoms with van der Waals surface area (Å²) in [5.41, 5.74) is 6.75. The molecule has 0 spiro atoms. The van der Waals surface area contributed by atoms with E-state index in [9.17, 15) is 4.79 Å². The van der Waals surface area contributed by atoms with E-state index in [4.69, 9.17) is 15.2 Å². The number of ether oxygens (including phenoxy) is 2. The lowest BCUT2D eigenvalue weighted by Gasteiger charge is -2.12. The molecule has 4 N–H and O–H groups in total. The molecule has 0 aromatic heterocycles. The molecule has 1 amide bonds. The molecule has 1 aliphatic rings. The standard InChI is InChI=1S/C19H30N4O3/c1-2-21-19(22-9-5-10-25-14-17-8-4-11-26-17)23-13-15-6-3-7-16(12-15)18(20)24/h3,6-7,12,17H,2,4-5,8-11,13-14H2,1H3,(H2,20,24)(H2,21,22,23). The van der Waals surface area contributed by atoms with Gasteiger partial charge in [-0.1, -0.05) is 12.1 Å². The smallest absolute Gasteiger partial charge is 0.248 e. The number of primary amides is 1. The van der Waals surface area contributed by atoms with Crippen molar-refractivity contribution in [1.82, 2.24) is 10.6 Å². The predicted octanol–water partition coefficient (Wildman–Crippen LogP) is 1.43. The van der Waals surface area contributed by atoms with Gasteiger partial charge in [0.15, 0.2) is 5.96 Å². The van der Waals surface area contributed by atoms with Gasteiger partial charge in [0.1, 0.15) is 0 Å². The van der Waals surface area contributed by atoms with Crippen molar-refractivity contribution in [1.29, 1.82) is 0 Å². The van der Waals surface area contributed by atoms with Crippen molar-refractivity contribution in [2.75, 3.05) is 32.9 Å². The van der Waals surface area contributed by atoms with Gasteiger partial charge in [-0.15, -0.1) is 0 Å². The van der Waals surface area contributed by atoms with Crippen LogP contribution >= 0.6 is 0 Å². The van der Waals surface area contributed by atoms with Crippen LogP contribution in [0.4, 0.5) is 0 Å². The second-order valence-electron chi connectivity index (χ2n) is 6.25. The molecular formula is C19H30N4O3. The topological polar surface area (TPSA) is 98.0 Å². The molecule has 26 heavy (non-hydrogen) atoms. The molecule has 1 aliphatic heterocycles. The van der Waals surface area contributed by atoms with E-state index in [1.165, 1.54) is 0 Å². The Hall–Kier alpha value is -2.12. The van der Waals surface area contributed by atoms with Gasteiger partial charge in [0.05, 0.1) is 19.3 Å². The fourth-order valence-electron chi connectivity index (χ4n) is 2.71. The molecular weight excluding hydrogens is 332 g/mol. The molecule has 1 saturated heterocycles. The number of rotatable bonds is 10. The second kappa shape index (κ2) is 11.5. The zero-order chi connectivity index (χ0) is 18.6. The third-order valence-corrected chi connectivity index (χ3v) is 4.06. The van der Waals surface area contributed by atoms with Gasteiger partial charge in [-0.2, -0.15) is 0 Å². The number of amides is 1. The van der Waals surface area contributed by atoms with Gasteiger partial charge in [-0.05, 0) is 43.9 Å². The predicted molar refractivity (Wildman–Crippen MR) is 102 cm³/mol. The Morgan fingerprint density at radius 1 is 1.42 bits per heavy atom. The normalized spacial score (nSPS) is 17.3. The SMILES string of the molecule is CCNC(=NCc1cccc(C(N)=O)c1)NCCCOCC1CCCO1. The van der Waals surface area contributed by atoms with Gasteiger partial charge in [0, 0.05) is 31.9 Å². The lowest BCUT2D eigenvalue weighted by atomic mass is 10.1. The zero-order valence-corrected chi connectivity index (χ0v) is 15.5. The fourth-order valence-corrected chi connectivity index (χ4v) is 2.71. The molecule has 1 unspecified atom stereocenters. The van der Waals surface area contributed by atoms with Crippen LogP contribution in [-0.2, 0) is 16.0 Å². The highest BCUT2D eigenvalue weighted by molar-refractivity contribution is 5.92. The number of benzene rings is 1. The maximum absolute atomic E-state index is 11.2. The Morgan fingerprint density at radius 2 is 2.31 bits per heavy atom. The molecule has 0 bridgehead atoms. The number of nitrogens with one attached hydrogen (secondary N) is 2. The quantitative estimate of drug-likeness (QED) is 0.332. The van der Waals surface area contributed by atoms with Crippen LogP contribution in [0.1, 0.15) is 42.1 Å². The molecule has 0 radical (unpaired) electrons. The van der Waals surface area contributed by atoms with E-state index >= 15 is 0 Å². The molecule has 0 saturated carbocycles. The third-order valence-electron chi connectivity index (χ3n) is 4.06. The Balaban J connectivity index is 1.70. The summed E-state index contributed by atoms with van der Waals surface area (Å²) < 4.78 is 11.2. The van der Waals surface area contributed by atoms with Crippen LogP contribution in [0.15, 0.2) is 29.3 Å². The van der Waals surface area contributed by atoms with E-state index in [2.05, 4.69) is 15.6 Å². The molecule has 1 aromatic carbocycles. The van der Waals surface area contributed by atoms with E-state index in [1.807, 2.05) is 19.1 Å². The summed E-state index contributed by atoms with van der Waals surface area (Å²) in [4.78, 5) is 15.8. The van der Waals surface area contributed by atoms with Crippen molar-refractivity contribution in [3.8, 4) is 0 Å². The van der Waals surface area contributed by atoms with Gasteiger partial charge in [-0.25, -0.2) is 4.99 Å². The van der Waals surface area contributed by atoms with Crippen LogP contribution < -0.4 is 16.4 Å². The van der Waals surface area contributed by atoms with Crippen LogP contribution in [0.3, 0.4) is 0 Å². The van der Waals surface area contributed by atoms with Gasteiger partial charge in [-0.3, -0.25) is 4.79 Å². The molecule has 7 heteroatoms. The van der Waals surface area contributed by atoms with E-state index in [-0.39, 0.29) is 6.10 Å². The van der Waals surface area contributed by atoms with Crippen LogP contribution in [0.25, 0.3) is 0 Å². The van der Waals surface area contributed by atoms with Crippen LogP contribution in [0.5, 0.6) is 0 Å². The van der Waals surface area contributed by atoms with Crippen LogP contribution in [0.2, 0.25) is 0 Å². The largest absolute Gasteiger partial charge is 0.379 e. The molecule has 1 aromatic rings. The first-order valence-corrected chi connectivity index (χ1v) is 9.29. The number of carbonyl (C=O) groups excluding carboxylic acids is 1. The molecule has 2 rings (SSSR count). The zero-order valence-electron chi connectivity index (χ0n) is 15.5. The molecule has 1 heterocycles. The third kappa shape index (κ3) is 7.41. The fraction of sp³-hybridized carbons (Fsp3) is 0.579. The first-order chi connectivity index (χ1) is 12.7. The monoisotopic (exact) mass is 362 g/mol. The number of hydrogen-bond acceptors (Lipinski definition) is 4. The van der Waals surface area contributed by atoms with E-state index < -0.39 is 5.91 Å².